The summed E-state index contributed by atoms with van der Waals surface area (Å²) < 4.78 is 12.7. The maximum Gasteiger partial charge on any atom is 0.230 e. The highest BCUT2D eigenvalue weighted by atomic mass is 16.5. The average Bonchev–Trinajstić information content (AvgIpc) is 2.43. The van der Waals surface area contributed by atoms with Crippen molar-refractivity contribution in [1.82, 2.24) is 0 Å². The van der Waals surface area contributed by atoms with Crippen molar-refractivity contribution in [2.24, 2.45) is 5.92 Å². The lowest BCUT2D eigenvalue weighted by Gasteiger charge is -2.45. The van der Waals surface area contributed by atoms with Gasteiger partial charge in [-0.05, 0) is 26.3 Å². The maximum atomic E-state index is 5.91. The molecule has 0 N–H and O–H groups in total. The van der Waals surface area contributed by atoms with Crippen molar-refractivity contribution in [3.05, 3.63) is 36.1 Å². The summed E-state index contributed by atoms with van der Waals surface area (Å²) in [4.78, 5) is 0. The molecule has 0 radical (unpaired) electrons. The van der Waals surface area contributed by atoms with Crippen LogP contribution in [0.4, 0.5) is 0 Å². The van der Waals surface area contributed by atoms with Crippen LogP contribution in [0.5, 0.6) is 0 Å². The summed E-state index contributed by atoms with van der Waals surface area (Å²) >= 11 is 0. The zero-order valence-electron chi connectivity index (χ0n) is 13.7. The zero-order chi connectivity index (χ0) is 15.2. The lowest BCUT2D eigenvalue weighted by molar-refractivity contribution is -0.959. The molecule has 3 atom stereocenters. The van der Waals surface area contributed by atoms with Gasteiger partial charge in [0.2, 0.25) is 6.23 Å². The van der Waals surface area contributed by atoms with E-state index >= 15 is 0 Å². The van der Waals surface area contributed by atoms with E-state index in [0.717, 1.165) is 23.3 Å². The highest BCUT2D eigenvalue weighted by molar-refractivity contribution is 5.17. The quantitative estimate of drug-likeness (QED) is 0.547. The fourth-order valence-corrected chi connectivity index (χ4v) is 2.49. The van der Waals surface area contributed by atoms with Gasteiger partial charge in [-0.15, -0.1) is 0 Å². The van der Waals surface area contributed by atoms with E-state index in [9.17, 15) is 0 Å². The van der Waals surface area contributed by atoms with Crippen LogP contribution in [0.2, 0.25) is 0 Å². The van der Waals surface area contributed by atoms with Crippen molar-refractivity contribution in [3.63, 3.8) is 0 Å². The third-order valence-corrected chi connectivity index (χ3v) is 4.35. The van der Waals surface area contributed by atoms with Crippen LogP contribution in [0, 0.1) is 5.92 Å². The molecular formula is C17H30NO2+. The summed E-state index contributed by atoms with van der Waals surface area (Å²) in [5, 5.41) is 0. The predicted octanol–water partition coefficient (Wildman–Crippen LogP) is 3.50. The van der Waals surface area contributed by atoms with Crippen LogP contribution in [0.15, 0.2) is 36.1 Å². The van der Waals surface area contributed by atoms with Crippen molar-refractivity contribution >= 4 is 0 Å². The molecule has 1 fully saturated rings. The normalized spacial score (nSPS) is 31.6. The molecule has 3 unspecified atom stereocenters. The Bertz CT molecular complexity index is 386. The molecule has 1 heterocycles. The van der Waals surface area contributed by atoms with Gasteiger partial charge in [0.25, 0.3) is 0 Å². The standard InChI is InChI=1S/C17H30NO2/c1-7-10-16(8-2)12-19-13-17-11-18(6,9-3)15(5)20-14(17)4/h7-8,10,15,17H,4,9,11-13H2,1-3,5-6H3/q+1/b10-7-,16-8+. The predicted molar refractivity (Wildman–Crippen MR) is 84.2 cm³/mol. The Labute approximate surface area is 124 Å². The summed E-state index contributed by atoms with van der Waals surface area (Å²) in [5.41, 5.74) is 1.20. The molecule has 0 amide bonds. The number of hydrogen-bond acceptors (Lipinski definition) is 2. The van der Waals surface area contributed by atoms with E-state index in [-0.39, 0.29) is 12.1 Å². The van der Waals surface area contributed by atoms with Crippen LogP contribution in [0.3, 0.4) is 0 Å². The molecule has 0 aromatic heterocycles. The summed E-state index contributed by atoms with van der Waals surface area (Å²) in [5.74, 6) is 1.15. The van der Waals surface area contributed by atoms with Crippen molar-refractivity contribution in [3.8, 4) is 0 Å². The van der Waals surface area contributed by atoms with Gasteiger partial charge in [0, 0.05) is 6.92 Å². The van der Waals surface area contributed by atoms with Gasteiger partial charge in [-0.3, -0.25) is 4.48 Å². The lowest BCUT2D eigenvalue weighted by atomic mass is 10.0. The van der Waals surface area contributed by atoms with E-state index in [4.69, 9.17) is 9.47 Å². The monoisotopic (exact) mass is 280 g/mol. The Kier molecular flexibility index (Phi) is 6.50. The van der Waals surface area contributed by atoms with Gasteiger partial charge in [0.05, 0.1) is 39.3 Å². The topological polar surface area (TPSA) is 18.5 Å². The van der Waals surface area contributed by atoms with E-state index < -0.39 is 0 Å². The molecule has 1 aliphatic rings. The molecule has 0 saturated carbocycles. The molecule has 1 aliphatic heterocycles. The third kappa shape index (κ3) is 4.22. The highest BCUT2D eigenvalue weighted by Crippen LogP contribution is 2.28. The van der Waals surface area contributed by atoms with Crippen LogP contribution in [0.25, 0.3) is 0 Å². The van der Waals surface area contributed by atoms with Gasteiger partial charge >= 0.3 is 0 Å². The van der Waals surface area contributed by atoms with Crippen molar-refractivity contribution in [1.29, 1.82) is 0 Å². The minimum atomic E-state index is 0.179. The van der Waals surface area contributed by atoms with Crippen LogP contribution < -0.4 is 0 Å². The zero-order valence-corrected chi connectivity index (χ0v) is 13.7. The Morgan fingerprint density at radius 2 is 2.20 bits per heavy atom. The molecule has 3 nitrogen and oxygen atoms in total. The second-order valence-electron chi connectivity index (χ2n) is 5.74. The first-order valence-corrected chi connectivity index (χ1v) is 7.52. The van der Waals surface area contributed by atoms with Gasteiger partial charge in [-0.1, -0.05) is 24.8 Å². The minimum absolute atomic E-state index is 0.179. The van der Waals surface area contributed by atoms with E-state index in [1.807, 2.05) is 19.9 Å². The molecule has 0 spiro atoms. The number of hydrogen-bond donors (Lipinski definition) is 0. The van der Waals surface area contributed by atoms with Gasteiger partial charge in [-0.25, -0.2) is 0 Å². The fourth-order valence-electron chi connectivity index (χ4n) is 2.49. The van der Waals surface area contributed by atoms with E-state index in [2.05, 4.69) is 39.6 Å². The first-order valence-electron chi connectivity index (χ1n) is 7.52. The number of allylic oxidation sites excluding steroid dienone is 2. The Morgan fingerprint density at radius 3 is 2.75 bits per heavy atom. The van der Waals surface area contributed by atoms with Crippen LogP contribution in [-0.4, -0.2) is 44.1 Å². The van der Waals surface area contributed by atoms with Crippen LogP contribution in [0.1, 0.15) is 27.7 Å². The second kappa shape index (κ2) is 7.65. The minimum Gasteiger partial charge on any atom is -0.447 e. The fraction of sp³-hybridized carbons (Fsp3) is 0.647. The number of nitrogens with zero attached hydrogens (tertiary/aromatic N) is 1. The first kappa shape index (κ1) is 17.0. The number of rotatable bonds is 6. The highest BCUT2D eigenvalue weighted by Gasteiger charge is 2.39. The summed E-state index contributed by atoms with van der Waals surface area (Å²) in [6.07, 6.45) is 6.38. The Hall–Kier alpha value is -1.06. The molecule has 114 valence electrons. The van der Waals surface area contributed by atoms with Crippen molar-refractivity contribution in [2.75, 3.05) is 33.4 Å². The summed E-state index contributed by atoms with van der Waals surface area (Å²) in [6, 6.07) is 0. The van der Waals surface area contributed by atoms with E-state index in [1.54, 1.807) is 0 Å². The molecule has 20 heavy (non-hydrogen) atoms. The van der Waals surface area contributed by atoms with Gasteiger partial charge < -0.3 is 9.47 Å². The molecular weight excluding hydrogens is 250 g/mol. The Morgan fingerprint density at radius 1 is 1.50 bits per heavy atom. The van der Waals surface area contributed by atoms with E-state index in [1.165, 1.54) is 5.57 Å². The van der Waals surface area contributed by atoms with Crippen molar-refractivity contribution < 1.29 is 14.0 Å². The largest absolute Gasteiger partial charge is 0.447 e. The third-order valence-electron chi connectivity index (χ3n) is 4.35. The van der Waals surface area contributed by atoms with E-state index in [0.29, 0.717) is 13.2 Å². The smallest absolute Gasteiger partial charge is 0.230 e. The molecule has 1 saturated heterocycles. The molecule has 0 aromatic carbocycles. The van der Waals surface area contributed by atoms with Crippen LogP contribution in [-0.2, 0) is 9.47 Å². The summed E-state index contributed by atoms with van der Waals surface area (Å²) in [6.45, 7) is 15.9. The van der Waals surface area contributed by atoms with Crippen molar-refractivity contribution in [2.45, 2.75) is 33.9 Å². The second-order valence-corrected chi connectivity index (χ2v) is 5.74. The number of quaternary nitrogens is 1. The maximum absolute atomic E-state index is 5.91. The molecule has 3 heteroatoms. The molecule has 0 bridgehead atoms. The Balaban J connectivity index is 2.53. The molecule has 1 rings (SSSR count). The van der Waals surface area contributed by atoms with Gasteiger partial charge in [0.15, 0.2) is 0 Å². The van der Waals surface area contributed by atoms with Gasteiger partial charge in [-0.2, -0.15) is 0 Å². The van der Waals surface area contributed by atoms with Gasteiger partial charge in [0.1, 0.15) is 5.76 Å². The van der Waals surface area contributed by atoms with Crippen LogP contribution >= 0.6 is 0 Å². The molecule has 0 aliphatic carbocycles. The summed E-state index contributed by atoms with van der Waals surface area (Å²) in [7, 11) is 2.24. The lowest BCUT2D eigenvalue weighted by Crippen LogP contribution is -2.58. The average molecular weight is 280 g/mol. The molecule has 0 aromatic rings. The number of ether oxygens (including phenoxy) is 2. The SMILES string of the molecule is C=C1OC(C)[N+](C)(CC)CC1COCC(/C=C\C)=C/C. The first-order chi connectivity index (χ1) is 9.46.